The van der Waals surface area contributed by atoms with E-state index in [-0.39, 0.29) is 42.9 Å². The summed E-state index contributed by atoms with van der Waals surface area (Å²) in [5.41, 5.74) is 2.24. The minimum atomic E-state index is -1.06. The lowest BCUT2D eigenvalue weighted by atomic mass is 9.85. The van der Waals surface area contributed by atoms with Gasteiger partial charge in [0.15, 0.2) is 0 Å². The number of benzene rings is 2. The molecular weight excluding hydrogens is 612 g/mol. The van der Waals surface area contributed by atoms with Crippen molar-refractivity contribution < 1.29 is 29.1 Å². The molecular formula is C36H48N6O6. The number of carboxylic acids is 1. The number of amides is 4. The van der Waals surface area contributed by atoms with Crippen molar-refractivity contribution in [3.8, 4) is 0 Å². The van der Waals surface area contributed by atoms with Crippen LogP contribution in [0.2, 0.25) is 0 Å². The van der Waals surface area contributed by atoms with Crippen LogP contribution in [0.15, 0.2) is 54.7 Å². The maximum Gasteiger partial charge on any atom is 0.335 e. The van der Waals surface area contributed by atoms with Gasteiger partial charge in [-0.25, -0.2) is 9.59 Å². The summed E-state index contributed by atoms with van der Waals surface area (Å²) < 4.78 is 1.38. The van der Waals surface area contributed by atoms with E-state index in [9.17, 15) is 29.1 Å². The van der Waals surface area contributed by atoms with Gasteiger partial charge in [-0.15, -0.1) is 0 Å². The molecule has 4 amide bonds. The van der Waals surface area contributed by atoms with Gasteiger partial charge < -0.3 is 31.3 Å². The maximum absolute atomic E-state index is 14.2. The fraction of sp³-hybridized carbons (Fsp3) is 0.472. The quantitative estimate of drug-likeness (QED) is 0.245. The number of likely N-dealkylation sites (N-methyl/N-ethyl adjacent to an activating group) is 1. The summed E-state index contributed by atoms with van der Waals surface area (Å²) in [6, 6.07) is 11.2. The van der Waals surface area contributed by atoms with Crippen molar-refractivity contribution in [3.63, 3.8) is 0 Å². The lowest BCUT2D eigenvalue weighted by Crippen LogP contribution is -2.58. The molecule has 3 aromatic rings. The van der Waals surface area contributed by atoms with Gasteiger partial charge in [0.25, 0.3) is 0 Å². The Labute approximate surface area is 281 Å². The van der Waals surface area contributed by atoms with Crippen LogP contribution in [0, 0.1) is 5.41 Å². The van der Waals surface area contributed by atoms with Crippen LogP contribution < -0.4 is 21.3 Å². The van der Waals surface area contributed by atoms with Gasteiger partial charge in [0, 0.05) is 18.1 Å². The molecule has 12 nitrogen and oxygen atoms in total. The molecule has 2 aliphatic rings. The Bertz CT molecular complexity index is 1660. The van der Waals surface area contributed by atoms with E-state index in [2.05, 4.69) is 27.3 Å². The second-order valence-corrected chi connectivity index (χ2v) is 13.2. The molecule has 2 unspecified atom stereocenters. The number of aromatic carboxylic acids is 1. The molecule has 0 spiro atoms. The first kappa shape index (κ1) is 36.1. The number of aryl methyl sites for hydroxylation is 1. The molecule has 5 N–H and O–H groups in total. The summed E-state index contributed by atoms with van der Waals surface area (Å²) in [6.07, 6.45) is 4.38. The van der Waals surface area contributed by atoms with Crippen molar-refractivity contribution in [2.24, 2.45) is 5.41 Å². The van der Waals surface area contributed by atoms with Gasteiger partial charge in [-0.1, -0.05) is 58.9 Å². The Morgan fingerprint density at radius 3 is 2.42 bits per heavy atom. The van der Waals surface area contributed by atoms with E-state index in [4.69, 9.17) is 0 Å². The number of aromatic nitrogens is 1. The van der Waals surface area contributed by atoms with Crippen molar-refractivity contribution in [2.45, 2.75) is 84.5 Å². The zero-order chi connectivity index (χ0) is 35.2. The third kappa shape index (κ3) is 8.04. The van der Waals surface area contributed by atoms with Crippen molar-refractivity contribution in [1.29, 1.82) is 0 Å². The number of nitrogens with one attached hydrogen (secondary N) is 4. The van der Waals surface area contributed by atoms with Gasteiger partial charge in [0.05, 0.1) is 29.7 Å². The van der Waals surface area contributed by atoms with E-state index in [0.29, 0.717) is 10.9 Å². The summed E-state index contributed by atoms with van der Waals surface area (Å²) in [6.45, 7) is 9.66. The Morgan fingerprint density at radius 1 is 1.00 bits per heavy atom. The lowest BCUT2D eigenvalue weighted by molar-refractivity contribution is -0.144. The van der Waals surface area contributed by atoms with Gasteiger partial charge >= 0.3 is 12.0 Å². The van der Waals surface area contributed by atoms with Gasteiger partial charge in [-0.2, -0.15) is 0 Å². The Morgan fingerprint density at radius 2 is 1.73 bits per heavy atom. The average Bonchev–Trinajstić information content (AvgIpc) is 3.68. The molecule has 2 aromatic carbocycles. The van der Waals surface area contributed by atoms with E-state index in [0.717, 1.165) is 24.8 Å². The summed E-state index contributed by atoms with van der Waals surface area (Å²) in [4.78, 5) is 67.2. The predicted molar refractivity (Wildman–Crippen MR) is 184 cm³/mol. The van der Waals surface area contributed by atoms with Crippen LogP contribution in [0.4, 0.5) is 4.79 Å². The standard InChI is InChI=1S/C34H42N6O6.C2H6/c1-34(2,3)29(38-28(41)18-35-4)31(43)40-19-23(36-33(46)39-15-14-21-16-22(32(44)45)12-13-26(21)39)17-27(40)30(42)37-25-11-7-9-20-8-5-6-10-24(20)25;1-2/h5-6,8,10,12-16,23,25,27,29,35H,7,9,11,17-19H2,1-4H3,(H,36,46)(H,37,42)(H,38,41)(H,44,45);1-2H3/t23?,25?,27-,29+;/m0./s1. The predicted octanol–water partition coefficient (Wildman–Crippen LogP) is 3.84. The highest BCUT2D eigenvalue weighted by atomic mass is 16.4. The number of hydrogen-bond acceptors (Lipinski definition) is 6. The first-order valence-corrected chi connectivity index (χ1v) is 16.6. The van der Waals surface area contributed by atoms with Crippen LogP contribution in [0.5, 0.6) is 0 Å². The van der Waals surface area contributed by atoms with Gasteiger partial charge in [-0.05, 0) is 73.5 Å². The molecule has 12 heteroatoms. The SMILES string of the molecule is CC.CNCC(=O)N[C@H](C(=O)N1CC(NC(=O)n2ccc3cc(C(=O)O)ccc32)C[C@H]1C(=O)NC1CCCc2ccccc21)C(C)(C)C. The van der Waals surface area contributed by atoms with Crippen molar-refractivity contribution in [2.75, 3.05) is 20.1 Å². The summed E-state index contributed by atoms with van der Waals surface area (Å²) >= 11 is 0. The Balaban J connectivity index is 0.00000255. The van der Waals surface area contributed by atoms with E-state index < -0.39 is 41.4 Å². The lowest BCUT2D eigenvalue weighted by Gasteiger charge is -2.36. The topological polar surface area (TPSA) is 162 Å². The zero-order valence-corrected chi connectivity index (χ0v) is 28.6. The molecule has 1 aliphatic carbocycles. The van der Waals surface area contributed by atoms with Gasteiger partial charge in [0.1, 0.15) is 12.1 Å². The molecule has 48 heavy (non-hydrogen) atoms. The second kappa shape index (κ2) is 15.5. The largest absolute Gasteiger partial charge is 0.478 e. The number of carboxylic acid groups (broad SMARTS) is 1. The number of likely N-dealkylation sites (tertiary alicyclic amines) is 1. The molecule has 4 atom stereocenters. The molecule has 1 aliphatic heterocycles. The third-order valence-electron chi connectivity index (χ3n) is 8.81. The van der Waals surface area contributed by atoms with E-state index >= 15 is 0 Å². The fourth-order valence-corrected chi connectivity index (χ4v) is 6.49. The molecule has 1 saturated heterocycles. The first-order chi connectivity index (χ1) is 22.9. The van der Waals surface area contributed by atoms with Crippen molar-refractivity contribution >= 4 is 40.6 Å². The van der Waals surface area contributed by atoms with Crippen LogP contribution in [-0.4, -0.2) is 82.6 Å². The Kier molecular flexibility index (Phi) is 11.6. The molecule has 0 saturated carbocycles. The molecule has 1 fully saturated rings. The molecule has 2 heterocycles. The van der Waals surface area contributed by atoms with Crippen LogP contribution in [-0.2, 0) is 20.8 Å². The highest BCUT2D eigenvalue weighted by molar-refractivity contribution is 5.97. The number of carbonyl (C=O) groups excluding carboxylic acids is 4. The van der Waals surface area contributed by atoms with Crippen molar-refractivity contribution in [3.05, 3.63) is 71.4 Å². The first-order valence-electron chi connectivity index (χ1n) is 16.6. The monoisotopic (exact) mass is 660 g/mol. The van der Waals surface area contributed by atoms with Gasteiger partial charge in [0.2, 0.25) is 17.7 Å². The van der Waals surface area contributed by atoms with Crippen LogP contribution in [0.1, 0.15) is 81.4 Å². The van der Waals surface area contributed by atoms with E-state index in [1.165, 1.54) is 27.2 Å². The fourth-order valence-electron chi connectivity index (χ4n) is 6.49. The molecule has 0 radical (unpaired) electrons. The average molecular weight is 661 g/mol. The highest BCUT2D eigenvalue weighted by Gasteiger charge is 2.45. The zero-order valence-electron chi connectivity index (χ0n) is 28.6. The summed E-state index contributed by atoms with van der Waals surface area (Å²) in [5, 5.41) is 21.7. The second-order valence-electron chi connectivity index (χ2n) is 13.2. The van der Waals surface area contributed by atoms with Crippen LogP contribution >= 0.6 is 0 Å². The highest BCUT2D eigenvalue weighted by Crippen LogP contribution is 2.31. The molecule has 5 rings (SSSR count). The number of nitrogens with zero attached hydrogens (tertiary/aromatic N) is 2. The molecule has 258 valence electrons. The third-order valence-corrected chi connectivity index (χ3v) is 8.81. The van der Waals surface area contributed by atoms with Crippen LogP contribution in [0.3, 0.4) is 0 Å². The van der Waals surface area contributed by atoms with Gasteiger partial charge in [-0.3, -0.25) is 19.0 Å². The van der Waals surface area contributed by atoms with Crippen molar-refractivity contribution in [1.82, 2.24) is 30.7 Å². The minimum Gasteiger partial charge on any atom is -0.478 e. The summed E-state index contributed by atoms with van der Waals surface area (Å²) in [7, 11) is 1.64. The maximum atomic E-state index is 14.2. The summed E-state index contributed by atoms with van der Waals surface area (Å²) in [5.74, 6) is -2.11. The molecule has 0 bridgehead atoms. The minimum absolute atomic E-state index is 0.0301. The van der Waals surface area contributed by atoms with Crippen LogP contribution in [0.25, 0.3) is 10.9 Å². The van der Waals surface area contributed by atoms with E-state index in [1.54, 1.807) is 25.4 Å². The number of rotatable bonds is 8. The number of carbonyl (C=O) groups is 5. The van der Waals surface area contributed by atoms with E-state index in [1.807, 2.05) is 52.8 Å². The molecule has 1 aromatic heterocycles. The number of hydrogen-bond donors (Lipinski definition) is 5. The smallest absolute Gasteiger partial charge is 0.335 e. The normalized spacial score (nSPS) is 19.4. The Hall–Kier alpha value is -4.71. The number of fused-ring (bicyclic) bond motifs is 2.